The first-order chi connectivity index (χ1) is 13.0. The van der Waals surface area contributed by atoms with Crippen LogP contribution in [0.5, 0.6) is 5.75 Å². The van der Waals surface area contributed by atoms with Crippen molar-refractivity contribution < 1.29 is 13.9 Å². The molecular formula is C19H24FN5O2. The van der Waals surface area contributed by atoms with Crippen LogP contribution >= 0.6 is 0 Å². The Balaban J connectivity index is 1.55. The van der Waals surface area contributed by atoms with Crippen molar-refractivity contribution in [2.45, 2.75) is 13.0 Å². The summed E-state index contributed by atoms with van der Waals surface area (Å²) in [5.74, 6) is 1.07. The summed E-state index contributed by atoms with van der Waals surface area (Å²) in [7, 11) is 3.83. The maximum atomic E-state index is 13.7. The highest BCUT2D eigenvalue weighted by atomic mass is 19.1. The molecule has 1 aromatic carbocycles. The maximum Gasteiger partial charge on any atom is 0.263 e. The molecule has 1 atom stereocenters. The van der Waals surface area contributed by atoms with E-state index in [4.69, 9.17) is 4.74 Å². The number of amides is 1. The molecule has 0 spiro atoms. The highest BCUT2D eigenvalue weighted by Gasteiger charge is 2.27. The Morgan fingerprint density at radius 2 is 1.81 bits per heavy atom. The minimum atomic E-state index is -0.743. The molecule has 1 saturated heterocycles. The van der Waals surface area contributed by atoms with Gasteiger partial charge in [-0.15, -0.1) is 10.2 Å². The van der Waals surface area contributed by atoms with Gasteiger partial charge in [-0.3, -0.25) is 4.79 Å². The lowest BCUT2D eigenvalue weighted by Gasteiger charge is -2.36. The van der Waals surface area contributed by atoms with E-state index in [0.29, 0.717) is 26.2 Å². The van der Waals surface area contributed by atoms with Crippen molar-refractivity contribution in [3.05, 3.63) is 42.2 Å². The van der Waals surface area contributed by atoms with E-state index >= 15 is 0 Å². The average Bonchev–Trinajstić information content (AvgIpc) is 2.69. The molecule has 0 aliphatic carbocycles. The van der Waals surface area contributed by atoms with Crippen molar-refractivity contribution in [3.8, 4) is 5.75 Å². The fraction of sp³-hybridized carbons (Fsp3) is 0.421. The zero-order valence-electron chi connectivity index (χ0n) is 15.8. The molecule has 1 fully saturated rings. The molecule has 1 unspecified atom stereocenters. The Hall–Kier alpha value is -2.90. The first-order valence-corrected chi connectivity index (χ1v) is 8.91. The van der Waals surface area contributed by atoms with Crippen LogP contribution in [0.4, 0.5) is 16.0 Å². The number of hydrogen-bond donors (Lipinski definition) is 0. The van der Waals surface area contributed by atoms with Gasteiger partial charge in [0.25, 0.3) is 5.91 Å². The fourth-order valence-electron chi connectivity index (χ4n) is 2.92. The molecule has 2 heterocycles. The summed E-state index contributed by atoms with van der Waals surface area (Å²) >= 11 is 0. The van der Waals surface area contributed by atoms with Gasteiger partial charge in [0.2, 0.25) is 0 Å². The van der Waals surface area contributed by atoms with E-state index in [1.807, 2.05) is 31.1 Å². The predicted octanol–water partition coefficient (Wildman–Crippen LogP) is 1.80. The van der Waals surface area contributed by atoms with Gasteiger partial charge in [-0.1, -0.05) is 12.1 Å². The van der Waals surface area contributed by atoms with Gasteiger partial charge in [0.1, 0.15) is 0 Å². The summed E-state index contributed by atoms with van der Waals surface area (Å²) < 4.78 is 19.2. The first-order valence-electron chi connectivity index (χ1n) is 8.91. The molecule has 1 amide bonds. The maximum absolute atomic E-state index is 13.7. The van der Waals surface area contributed by atoms with Gasteiger partial charge in [-0.2, -0.15) is 0 Å². The highest BCUT2D eigenvalue weighted by Crippen LogP contribution is 2.19. The lowest BCUT2D eigenvalue weighted by Crippen LogP contribution is -2.52. The number of para-hydroxylation sites is 1. The number of rotatable bonds is 5. The molecule has 8 heteroatoms. The summed E-state index contributed by atoms with van der Waals surface area (Å²) in [4.78, 5) is 18.3. The molecule has 0 saturated carbocycles. The number of aromatic nitrogens is 2. The summed E-state index contributed by atoms with van der Waals surface area (Å²) in [6, 6.07) is 9.95. The molecule has 0 radical (unpaired) electrons. The van der Waals surface area contributed by atoms with Crippen molar-refractivity contribution in [1.29, 1.82) is 0 Å². The Morgan fingerprint density at radius 3 is 2.41 bits per heavy atom. The highest BCUT2D eigenvalue weighted by molar-refractivity contribution is 5.81. The molecular weight excluding hydrogens is 349 g/mol. The van der Waals surface area contributed by atoms with Crippen LogP contribution in [-0.2, 0) is 4.79 Å². The molecule has 3 rings (SSSR count). The second-order valence-corrected chi connectivity index (χ2v) is 6.65. The number of anilines is 2. The molecule has 2 aromatic rings. The molecule has 1 aromatic heterocycles. The van der Waals surface area contributed by atoms with Gasteiger partial charge in [0, 0.05) is 40.3 Å². The quantitative estimate of drug-likeness (QED) is 0.797. The summed E-state index contributed by atoms with van der Waals surface area (Å²) in [5, 5.41) is 8.45. The van der Waals surface area contributed by atoms with E-state index < -0.39 is 11.9 Å². The van der Waals surface area contributed by atoms with Crippen LogP contribution in [0, 0.1) is 5.82 Å². The second kappa shape index (κ2) is 8.20. The number of halogens is 1. The third-order valence-electron chi connectivity index (χ3n) is 4.50. The molecule has 27 heavy (non-hydrogen) atoms. The lowest BCUT2D eigenvalue weighted by molar-refractivity contribution is -0.138. The first kappa shape index (κ1) is 18.9. The number of carbonyl (C=O) groups excluding carboxylic acids is 1. The third kappa shape index (κ3) is 4.45. The molecule has 0 bridgehead atoms. The van der Waals surface area contributed by atoms with Crippen molar-refractivity contribution in [1.82, 2.24) is 15.1 Å². The Bertz CT molecular complexity index is 776. The van der Waals surface area contributed by atoms with Crippen molar-refractivity contribution in [2.24, 2.45) is 0 Å². The number of ether oxygens (including phenoxy) is 1. The van der Waals surface area contributed by atoms with Crippen LogP contribution in [0.1, 0.15) is 6.92 Å². The topological polar surface area (TPSA) is 61.8 Å². The summed E-state index contributed by atoms with van der Waals surface area (Å²) in [6.07, 6.45) is -0.743. The van der Waals surface area contributed by atoms with Gasteiger partial charge in [0.05, 0.1) is 0 Å². The number of carbonyl (C=O) groups is 1. The Morgan fingerprint density at radius 1 is 1.11 bits per heavy atom. The zero-order valence-corrected chi connectivity index (χ0v) is 15.8. The van der Waals surface area contributed by atoms with Gasteiger partial charge in [-0.05, 0) is 31.2 Å². The lowest BCUT2D eigenvalue weighted by atomic mass is 10.2. The smallest absolute Gasteiger partial charge is 0.263 e. The molecule has 1 aliphatic rings. The monoisotopic (exact) mass is 373 g/mol. The van der Waals surface area contributed by atoms with Crippen molar-refractivity contribution in [3.63, 3.8) is 0 Å². The van der Waals surface area contributed by atoms with Crippen molar-refractivity contribution in [2.75, 3.05) is 50.1 Å². The predicted molar refractivity (Wildman–Crippen MR) is 102 cm³/mol. The van der Waals surface area contributed by atoms with E-state index in [9.17, 15) is 9.18 Å². The van der Waals surface area contributed by atoms with E-state index in [0.717, 1.165) is 11.6 Å². The van der Waals surface area contributed by atoms with E-state index in [2.05, 4.69) is 15.1 Å². The standard InChI is InChI=1S/C19H24FN5O2/c1-14(27-16-7-5-4-6-15(16)20)19(26)25-12-10-24(11-13-25)18-9-8-17(21-22-18)23(2)3/h4-9,14H,10-13H2,1-3H3. The van der Waals surface area contributed by atoms with Crippen LogP contribution in [0.2, 0.25) is 0 Å². The van der Waals surface area contributed by atoms with Crippen LogP contribution in [-0.4, -0.2) is 67.4 Å². The molecule has 144 valence electrons. The van der Waals surface area contributed by atoms with E-state index in [1.54, 1.807) is 24.0 Å². The fourth-order valence-corrected chi connectivity index (χ4v) is 2.92. The summed E-state index contributed by atoms with van der Waals surface area (Å²) in [6.45, 7) is 4.08. The number of hydrogen-bond acceptors (Lipinski definition) is 6. The zero-order chi connectivity index (χ0) is 19.4. The number of benzene rings is 1. The number of piperazine rings is 1. The second-order valence-electron chi connectivity index (χ2n) is 6.65. The minimum absolute atomic E-state index is 0.0910. The molecule has 1 aliphatic heterocycles. The van der Waals surface area contributed by atoms with Crippen LogP contribution < -0.4 is 14.5 Å². The van der Waals surface area contributed by atoms with Crippen LogP contribution in [0.25, 0.3) is 0 Å². The Labute approximate surface area is 158 Å². The Kier molecular flexibility index (Phi) is 5.73. The normalized spacial score (nSPS) is 15.4. The van der Waals surface area contributed by atoms with Gasteiger partial charge in [-0.25, -0.2) is 4.39 Å². The summed E-state index contributed by atoms with van der Waals surface area (Å²) in [5.41, 5.74) is 0. The van der Waals surface area contributed by atoms with E-state index in [1.165, 1.54) is 12.1 Å². The third-order valence-corrected chi connectivity index (χ3v) is 4.50. The average molecular weight is 373 g/mol. The van der Waals surface area contributed by atoms with Gasteiger partial charge >= 0.3 is 0 Å². The van der Waals surface area contributed by atoms with Crippen LogP contribution in [0.3, 0.4) is 0 Å². The van der Waals surface area contributed by atoms with Gasteiger partial charge in [0.15, 0.2) is 29.3 Å². The van der Waals surface area contributed by atoms with E-state index in [-0.39, 0.29) is 11.7 Å². The minimum Gasteiger partial charge on any atom is -0.478 e. The largest absolute Gasteiger partial charge is 0.478 e. The molecule has 7 nitrogen and oxygen atoms in total. The SMILES string of the molecule is CC(Oc1ccccc1F)C(=O)N1CCN(c2ccc(N(C)C)nn2)CC1. The number of nitrogens with zero attached hydrogens (tertiary/aromatic N) is 5. The van der Waals surface area contributed by atoms with Crippen molar-refractivity contribution >= 4 is 17.5 Å². The molecule has 0 N–H and O–H groups in total. The van der Waals surface area contributed by atoms with Gasteiger partial charge < -0.3 is 19.4 Å². The van der Waals surface area contributed by atoms with Crippen LogP contribution in [0.15, 0.2) is 36.4 Å².